The topological polar surface area (TPSA) is 66.8 Å². The van der Waals surface area contributed by atoms with Crippen LogP contribution in [-0.2, 0) is 11.2 Å². The van der Waals surface area contributed by atoms with Gasteiger partial charge in [0, 0.05) is 0 Å². The number of hydrogen-bond acceptors (Lipinski definition) is 3. The number of methoxy groups -OCH3 is 1. The highest BCUT2D eigenvalue weighted by Crippen LogP contribution is 2.27. The number of carboxylic acids is 1. The Kier molecular flexibility index (Phi) is 5.57. The molecule has 0 aliphatic rings. The van der Waals surface area contributed by atoms with Crippen LogP contribution in [0.3, 0.4) is 0 Å². The van der Waals surface area contributed by atoms with Gasteiger partial charge in [-0.2, -0.15) is 0 Å². The summed E-state index contributed by atoms with van der Waals surface area (Å²) in [5.41, 5.74) is -0.0482. The van der Waals surface area contributed by atoms with Crippen molar-refractivity contribution in [3.8, 4) is 5.75 Å². The summed E-state index contributed by atoms with van der Waals surface area (Å²) in [5, 5.41) is 19.6. The number of aliphatic carboxylic acids is 1. The van der Waals surface area contributed by atoms with E-state index in [1.54, 1.807) is 14.0 Å². The molecule has 4 heteroatoms. The number of carboxylic acid groups (broad SMARTS) is 1. The SMILES string of the molecule is COc1ccc(CC(CC(C)(O)C(C)C)C(=O)O)cc1. The maximum absolute atomic E-state index is 11.4. The molecule has 0 fully saturated rings. The second-order valence-corrected chi connectivity index (χ2v) is 5.80. The van der Waals surface area contributed by atoms with Gasteiger partial charge in [-0.05, 0) is 43.4 Å². The Labute approximate surface area is 120 Å². The molecule has 0 bridgehead atoms. The number of aliphatic hydroxyl groups is 1. The molecule has 112 valence electrons. The lowest BCUT2D eigenvalue weighted by molar-refractivity contribution is -0.144. The molecule has 4 nitrogen and oxygen atoms in total. The Morgan fingerprint density at radius 2 is 1.85 bits per heavy atom. The molecule has 0 spiro atoms. The van der Waals surface area contributed by atoms with E-state index in [4.69, 9.17) is 4.74 Å². The van der Waals surface area contributed by atoms with Gasteiger partial charge < -0.3 is 14.9 Å². The van der Waals surface area contributed by atoms with E-state index in [-0.39, 0.29) is 12.3 Å². The number of ether oxygens (including phenoxy) is 1. The number of rotatable bonds is 7. The van der Waals surface area contributed by atoms with Gasteiger partial charge in [0.2, 0.25) is 0 Å². The number of benzene rings is 1. The molecular formula is C16H24O4. The summed E-state index contributed by atoms with van der Waals surface area (Å²) in [4.78, 5) is 11.4. The van der Waals surface area contributed by atoms with Crippen molar-refractivity contribution >= 4 is 5.97 Å². The van der Waals surface area contributed by atoms with Crippen molar-refractivity contribution in [1.82, 2.24) is 0 Å². The largest absolute Gasteiger partial charge is 0.497 e. The highest BCUT2D eigenvalue weighted by Gasteiger charge is 2.32. The summed E-state index contributed by atoms with van der Waals surface area (Å²) < 4.78 is 5.08. The average Bonchev–Trinajstić information content (AvgIpc) is 2.38. The molecule has 2 atom stereocenters. The number of carbonyl (C=O) groups is 1. The van der Waals surface area contributed by atoms with E-state index in [1.165, 1.54) is 0 Å². The molecular weight excluding hydrogens is 256 g/mol. The van der Waals surface area contributed by atoms with E-state index >= 15 is 0 Å². The van der Waals surface area contributed by atoms with E-state index in [9.17, 15) is 15.0 Å². The Morgan fingerprint density at radius 1 is 1.30 bits per heavy atom. The molecule has 2 unspecified atom stereocenters. The van der Waals surface area contributed by atoms with Crippen LogP contribution in [0.2, 0.25) is 0 Å². The summed E-state index contributed by atoms with van der Waals surface area (Å²) in [7, 11) is 1.59. The molecule has 20 heavy (non-hydrogen) atoms. The van der Waals surface area contributed by atoms with Gasteiger partial charge >= 0.3 is 5.97 Å². The molecule has 0 aliphatic heterocycles. The van der Waals surface area contributed by atoms with Crippen LogP contribution in [0, 0.1) is 11.8 Å². The van der Waals surface area contributed by atoms with Crippen LogP contribution >= 0.6 is 0 Å². The normalized spacial score (nSPS) is 15.7. The zero-order valence-corrected chi connectivity index (χ0v) is 12.6. The van der Waals surface area contributed by atoms with Gasteiger partial charge in [0.25, 0.3) is 0 Å². The fourth-order valence-electron chi connectivity index (χ4n) is 2.03. The number of hydrogen-bond donors (Lipinski definition) is 2. The zero-order valence-electron chi connectivity index (χ0n) is 12.6. The minimum absolute atomic E-state index is 0.0141. The summed E-state index contributed by atoms with van der Waals surface area (Å²) in [6, 6.07) is 7.35. The maximum Gasteiger partial charge on any atom is 0.306 e. The van der Waals surface area contributed by atoms with Crippen molar-refractivity contribution in [2.75, 3.05) is 7.11 Å². The van der Waals surface area contributed by atoms with Crippen LogP contribution < -0.4 is 4.74 Å². The van der Waals surface area contributed by atoms with Gasteiger partial charge in [-0.3, -0.25) is 4.79 Å². The lowest BCUT2D eigenvalue weighted by Gasteiger charge is -2.30. The molecule has 0 radical (unpaired) electrons. The molecule has 0 aliphatic carbocycles. The maximum atomic E-state index is 11.4. The fraction of sp³-hybridized carbons (Fsp3) is 0.562. The van der Waals surface area contributed by atoms with Crippen molar-refractivity contribution in [2.45, 2.75) is 39.2 Å². The van der Waals surface area contributed by atoms with Crippen LogP contribution in [-0.4, -0.2) is 28.9 Å². The summed E-state index contributed by atoms with van der Waals surface area (Å²) in [6.07, 6.45) is 0.647. The van der Waals surface area contributed by atoms with Crippen molar-refractivity contribution in [3.05, 3.63) is 29.8 Å². The Balaban J connectivity index is 2.79. The third kappa shape index (κ3) is 4.53. The van der Waals surface area contributed by atoms with E-state index < -0.39 is 17.5 Å². The van der Waals surface area contributed by atoms with Crippen LogP contribution in [0.5, 0.6) is 5.75 Å². The fourth-order valence-corrected chi connectivity index (χ4v) is 2.03. The van der Waals surface area contributed by atoms with E-state index in [2.05, 4.69) is 0 Å². The highest BCUT2D eigenvalue weighted by atomic mass is 16.5. The smallest absolute Gasteiger partial charge is 0.306 e. The highest BCUT2D eigenvalue weighted by molar-refractivity contribution is 5.70. The van der Waals surface area contributed by atoms with Gasteiger partial charge in [0.05, 0.1) is 18.6 Å². The lowest BCUT2D eigenvalue weighted by atomic mass is 9.81. The van der Waals surface area contributed by atoms with Gasteiger partial charge in [-0.25, -0.2) is 0 Å². The monoisotopic (exact) mass is 280 g/mol. The molecule has 1 aromatic rings. The zero-order chi connectivity index (χ0) is 15.3. The Hall–Kier alpha value is -1.55. The van der Waals surface area contributed by atoms with Crippen LogP contribution in [0.15, 0.2) is 24.3 Å². The van der Waals surface area contributed by atoms with Crippen LogP contribution in [0.1, 0.15) is 32.8 Å². The lowest BCUT2D eigenvalue weighted by Crippen LogP contribution is -2.36. The van der Waals surface area contributed by atoms with Crippen molar-refractivity contribution in [3.63, 3.8) is 0 Å². The minimum atomic E-state index is -0.977. The first-order chi connectivity index (χ1) is 9.26. The van der Waals surface area contributed by atoms with Gasteiger partial charge in [-0.15, -0.1) is 0 Å². The Bertz CT molecular complexity index is 434. The van der Waals surface area contributed by atoms with Gasteiger partial charge in [-0.1, -0.05) is 26.0 Å². The van der Waals surface area contributed by atoms with Crippen LogP contribution in [0.25, 0.3) is 0 Å². The third-order valence-corrected chi connectivity index (χ3v) is 3.89. The molecule has 0 heterocycles. The summed E-state index contributed by atoms with van der Waals surface area (Å²) in [6.45, 7) is 5.49. The van der Waals surface area contributed by atoms with Gasteiger partial charge in [0.1, 0.15) is 5.75 Å². The van der Waals surface area contributed by atoms with Crippen molar-refractivity contribution < 1.29 is 19.7 Å². The summed E-state index contributed by atoms with van der Waals surface area (Å²) in [5.74, 6) is -0.711. The first kappa shape index (κ1) is 16.5. The Morgan fingerprint density at radius 3 is 2.25 bits per heavy atom. The van der Waals surface area contributed by atoms with E-state index in [0.717, 1.165) is 11.3 Å². The molecule has 1 rings (SSSR count). The first-order valence-corrected chi connectivity index (χ1v) is 6.84. The predicted octanol–water partition coefficient (Wildman–Crippen LogP) is 2.74. The molecule has 1 aromatic carbocycles. The second-order valence-electron chi connectivity index (χ2n) is 5.80. The summed E-state index contributed by atoms with van der Waals surface area (Å²) >= 11 is 0. The third-order valence-electron chi connectivity index (χ3n) is 3.89. The van der Waals surface area contributed by atoms with Crippen molar-refractivity contribution in [2.24, 2.45) is 11.8 Å². The van der Waals surface area contributed by atoms with E-state index in [0.29, 0.717) is 6.42 Å². The molecule has 0 amide bonds. The van der Waals surface area contributed by atoms with Crippen molar-refractivity contribution in [1.29, 1.82) is 0 Å². The first-order valence-electron chi connectivity index (χ1n) is 6.84. The average molecular weight is 280 g/mol. The predicted molar refractivity (Wildman–Crippen MR) is 77.9 cm³/mol. The van der Waals surface area contributed by atoms with Gasteiger partial charge in [0.15, 0.2) is 0 Å². The molecule has 0 saturated heterocycles. The minimum Gasteiger partial charge on any atom is -0.497 e. The second kappa shape index (κ2) is 6.75. The van der Waals surface area contributed by atoms with Crippen LogP contribution in [0.4, 0.5) is 0 Å². The quantitative estimate of drug-likeness (QED) is 0.806. The van der Waals surface area contributed by atoms with E-state index in [1.807, 2.05) is 38.1 Å². The standard InChI is InChI=1S/C16H24O4/c1-11(2)16(3,19)10-13(15(17)18)9-12-5-7-14(20-4)8-6-12/h5-8,11,13,19H,9-10H2,1-4H3,(H,17,18). The molecule has 2 N–H and O–H groups in total. The molecule has 0 aromatic heterocycles. The molecule has 0 saturated carbocycles.